The molecule has 2 rings (SSSR count). The molecule has 92 valence electrons. The molecule has 0 atom stereocenters. The van der Waals surface area contributed by atoms with Gasteiger partial charge in [-0.05, 0) is 31.9 Å². The summed E-state index contributed by atoms with van der Waals surface area (Å²) < 4.78 is 0. The SMILES string of the molecule is CCONC(=O)c1ccc(NC(=O)C2CC2)s1. The zero-order valence-electron chi connectivity index (χ0n) is 9.49. The zero-order chi connectivity index (χ0) is 12.3. The highest BCUT2D eigenvalue weighted by Gasteiger charge is 2.29. The zero-order valence-corrected chi connectivity index (χ0v) is 10.3. The van der Waals surface area contributed by atoms with Gasteiger partial charge in [0.15, 0.2) is 0 Å². The molecule has 0 unspecified atom stereocenters. The van der Waals surface area contributed by atoms with Crippen molar-refractivity contribution in [1.82, 2.24) is 5.48 Å². The minimum Gasteiger partial charge on any atom is -0.317 e. The summed E-state index contributed by atoms with van der Waals surface area (Å²) in [7, 11) is 0. The predicted octanol–water partition coefficient (Wildman–Crippen LogP) is 1.78. The number of thiophene rings is 1. The maximum Gasteiger partial charge on any atom is 0.284 e. The van der Waals surface area contributed by atoms with Crippen molar-refractivity contribution in [2.24, 2.45) is 5.92 Å². The lowest BCUT2D eigenvalue weighted by Crippen LogP contribution is -2.22. The standard InChI is InChI=1S/C11H14N2O3S/c1-2-16-13-11(15)8-5-6-9(17-8)12-10(14)7-3-4-7/h5-7H,2-4H2,1H3,(H,12,14)(H,13,15). The Bertz CT molecular complexity index is 426. The molecule has 1 aliphatic rings. The van der Waals surface area contributed by atoms with Crippen LogP contribution in [0.1, 0.15) is 29.4 Å². The fraction of sp³-hybridized carbons (Fsp3) is 0.455. The van der Waals surface area contributed by atoms with E-state index in [9.17, 15) is 9.59 Å². The van der Waals surface area contributed by atoms with E-state index in [0.29, 0.717) is 16.5 Å². The van der Waals surface area contributed by atoms with Gasteiger partial charge in [-0.3, -0.25) is 14.4 Å². The maximum atomic E-state index is 11.5. The van der Waals surface area contributed by atoms with E-state index in [-0.39, 0.29) is 17.7 Å². The molecule has 0 aromatic carbocycles. The maximum absolute atomic E-state index is 11.5. The summed E-state index contributed by atoms with van der Waals surface area (Å²) in [6.45, 7) is 2.21. The molecule has 1 aromatic heterocycles. The summed E-state index contributed by atoms with van der Waals surface area (Å²) in [5, 5.41) is 3.49. The van der Waals surface area contributed by atoms with Crippen LogP contribution >= 0.6 is 11.3 Å². The number of nitrogens with one attached hydrogen (secondary N) is 2. The highest BCUT2D eigenvalue weighted by molar-refractivity contribution is 7.18. The van der Waals surface area contributed by atoms with Crippen LogP contribution in [-0.2, 0) is 9.63 Å². The van der Waals surface area contributed by atoms with Gasteiger partial charge >= 0.3 is 0 Å². The third-order valence-corrected chi connectivity index (χ3v) is 3.33. The Hall–Kier alpha value is -1.40. The second-order valence-electron chi connectivity index (χ2n) is 3.79. The van der Waals surface area contributed by atoms with E-state index in [2.05, 4.69) is 10.8 Å². The summed E-state index contributed by atoms with van der Waals surface area (Å²) >= 11 is 1.24. The van der Waals surface area contributed by atoms with E-state index in [1.807, 2.05) is 0 Å². The van der Waals surface area contributed by atoms with E-state index < -0.39 is 0 Å². The van der Waals surface area contributed by atoms with Crippen molar-refractivity contribution in [3.05, 3.63) is 17.0 Å². The lowest BCUT2D eigenvalue weighted by Gasteiger charge is -2.01. The fourth-order valence-electron chi connectivity index (χ4n) is 1.28. The predicted molar refractivity (Wildman–Crippen MR) is 64.8 cm³/mol. The monoisotopic (exact) mass is 254 g/mol. The van der Waals surface area contributed by atoms with Gasteiger partial charge in [-0.1, -0.05) is 0 Å². The first kappa shape index (κ1) is 12.1. The largest absolute Gasteiger partial charge is 0.317 e. The van der Waals surface area contributed by atoms with Crippen LogP contribution in [0.15, 0.2) is 12.1 Å². The van der Waals surface area contributed by atoms with Gasteiger partial charge < -0.3 is 5.32 Å². The molecule has 0 aliphatic heterocycles. The first-order valence-electron chi connectivity index (χ1n) is 5.53. The first-order chi connectivity index (χ1) is 8.20. The Balaban J connectivity index is 1.90. The molecule has 0 radical (unpaired) electrons. The lowest BCUT2D eigenvalue weighted by atomic mass is 10.4. The van der Waals surface area contributed by atoms with E-state index in [1.165, 1.54) is 11.3 Å². The molecule has 1 aromatic rings. The van der Waals surface area contributed by atoms with Gasteiger partial charge in [-0.2, -0.15) is 0 Å². The smallest absolute Gasteiger partial charge is 0.284 e. The van der Waals surface area contributed by atoms with Gasteiger partial charge in [0, 0.05) is 5.92 Å². The third-order valence-electron chi connectivity index (χ3n) is 2.33. The molecule has 6 heteroatoms. The second kappa shape index (κ2) is 5.29. The van der Waals surface area contributed by atoms with E-state index >= 15 is 0 Å². The summed E-state index contributed by atoms with van der Waals surface area (Å²) in [6.07, 6.45) is 1.93. The average Bonchev–Trinajstić information content (AvgIpc) is 3.07. The van der Waals surface area contributed by atoms with Crippen LogP contribution in [0.25, 0.3) is 0 Å². The second-order valence-corrected chi connectivity index (χ2v) is 4.88. The van der Waals surface area contributed by atoms with Crippen LogP contribution in [0.3, 0.4) is 0 Å². The summed E-state index contributed by atoms with van der Waals surface area (Å²) in [4.78, 5) is 28.3. The molecule has 2 amide bonds. The summed E-state index contributed by atoms with van der Waals surface area (Å²) in [5.41, 5.74) is 2.31. The van der Waals surface area contributed by atoms with E-state index in [4.69, 9.17) is 4.84 Å². The van der Waals surface area contributed by atoms with Crippen molar-refractivity contribution in [3.63, 3.8) is 0 Å². The lowest BCUT2D eigenvalue weighted by molar-refractivity contribution is -0.117. The van der Waals surface area contributed by atoms with Gasteiger partial charge in [0.25, 0.3) is 5.91 Å². The molecule has 0 bridgehead atoms. The van der Waals surface area contributed by atoms with Gasteiger partial charge in [0.05, 0.1) is 16.5 Å². The van der Waals surface area contributed by atoms with Crippen LogP contribution in [0.5, 0.6) is 0 Å². The van der Waals surface area contributed by atoms with Crippen LogP contribution in [0.2, 0.25) is 0 Å². The minimum absolute atomic E-state index is 0.0450. The Kier molecular flexibility index (Phi) is 3.75. The number of amides is 2. The molecule has 1 saturated carbocycles. The molecule has 17 heavy (non-hydrogen) atoms. The molecular formula is C11H14N2O3S. The summed E-state index contributed by atoms with van der Waals surface area (Å²) in [6, 6.07) is 3.40. The molecular weight excluding hydrogens is 240 g/mol. The van der Waals surface area contributed by atoms with Crippen molar-refractivity contribution in [1.29, 1.82) is 0 Å². The number of hydroxylamine groups is 1. The quantitative estimate of drug-likeness (QED) is 0.787. The van der Waals surface area contributed by atoms with Crippen LogP contribution in [0.4, 0.5) is 5.00 Å². The number of anilines is 1. The van der Waals surface area contributed by atoms with Crippen molar-refractivity contribution < 1.29 is 14.4 Å². The Morgan fingerprint density at radius 1 is 1.47 bits per heavy atom. The Morgan fingerprint density at radius 3 is 2.88 bits per heavy atom. The molecule has 0 saturated heterocycles. The number of rotatable bonds is 5. The van der Waals surface area contributed by atoms with Gasteiger partial charge in [0.1, 0.15) is 0 Å². The van der Waals surface area contributed by atoms with E-state index in [1.54, 1.807) is 19.1 Å². The molecule has 2 N–H and O–H groups in total. The van der Waals surface area contributed by atoms with Gasteiger partial charge in [-0.15, -0.1) is 11.3 Å². The fourth-order valence-corrected chi connectivity index (χ4v) is 2.08. The van der Waals surface area contributed by atoms with Gasteiger partial charge in [-0.25, -0.2) is 5.48 Å². The molecule has 0 spiro atoms. The number of carbonyl (C=O) groups is 2. The topological polar surface area (TPSA) is 67.4 Å². The minimum atomic E-state index is -0.288. The van der Waals surface area contributed by atoms with Crippen LogP contribution < -0.4 is 10.8 Å². The van der Waals surface area contributed by atoms with Gasteiger partial charge in [0.2, 0.25) is 5.91 Å². The number of carbonyl (C=O) groups excluding carboxylic acids is 2. The number of hydrogen-bond donors (Lipinski definition) is 2. The first-order valence-corrected chi connectivity index (χ1v) is 6.35. The molecule has 5 nitrogen and oxygen atoms in total. The molecule has 1 aliphatic carbocycles. The average molecular weight is 254 g/mol. The van der Waals surface area contributed by atoms with E-state index in [0.717, 1.165) is 12.8 Å². The highest BCUT2D eigenvalue weighted by Crippen LogP contribution is 2.31. The van der Waals surface area contributed by atoms with Crippen molar-refractivity contribution in [2.45, 2.75) is 19.8 Å². The van der Waals surface area contributed by atoms with Crippen LogP contribution in [-0.4, -0.2) is 18.4 Å². The van der Waals surface area contributed by atoms with Crippen molar-refractivity contribution in [2.75, 3.05) is 11.9 Å². The number of hydrogen-bond acceptors (Lipinski definition) is 4. The van der Waals surface area contributed by atoms with Crippen molar-refractivity contribution in [3.8, 4) is 0 Å². The highest BCUT2D eigenvalue weighted by atomic mass is 32.1. The summed E-state index contributed by atoms with van der Waals surface area (Å²) in [5.74, 6) is -0.0785. The molecule has 1 fully saturated rings. The Labute approximate surface area is 103 Å². The normalized spacial score (nSPS) is 14.4. The molecule has 1 heterocycles. The van der Waals surface area contributed by atoms with Crippen LogP contribution in [0, 0.1) is 5.92 Å². The Morgan fingerprint density at radius 2 is 2.24 bits per heavy atom. The van der Waals surface area contributed by atoms with Crippen molar-refractivity contribution >= 4 is 28.2 Å². The third kappa shape index (κ3) is 3.28.